The zero-order chi connectivity index (χ0) is 18.1. The van der Waals surface area contributed by atoms with Gasteiger partial charge in [-0.3, -0.25) is 10.1 Å². The van der Waals surface area contributed by atoms with E-state index < -0.39 is 33.5 Å². The summed E-state index contributed by atoms with van der Waals surface area (Å²) in [5.74, 6) is -1.01. The second-order valence-electron chi connectivity index (χ2n) is 5.33. The summed E-state index contributed by atoms with van der Waals surface area (Å²) in [6.07, 6.45) is -3.55. The van der Waals surface area contributed by atoms with Crippen LogP contribution in [-0.4, -0.2) is 42.3 Å². The van der Waals surface area contributed by atoms with Gasteiger partial charge in [0.1, 0.15) is 9.84 Å². The highest BCUT2D eigenvalue weighted by molar-refractivity contribution is 7.90. The molecule has 0 fully saturated rings. The molecule has 0 aliphatic carbocycles. The Morgan fingerprint density at radius 3 is 2.67 bits per heavy atom. The largest absolute Gasteiger partial charge is 0.416 e. The van der Waals surface area contributed by atoms with E-state index in [1.807, 2.05) is 0 Å². The summed E-state index contributed by atoms with van der Waals surface area (Å²) in [5.41, 5.74) is 5.08. The maximum absolute atomic E-state index is 12.6. The average molecular weight is 364 g/mol. The van der Waals surface area contributed by atoms with Gasteiger partial charge in [0.25, 0.3) is 0 Å². The van der Waals surface area contributed by atoms with Gasteiger partial charge in [-0.25, -0.2) is 13.4 Å². The molecule has 24 heavy (non-hydrogen) atoms. The second-order valence-corrected chi connectivity index (χ2v) is 7.59. The first-order valence-corrected chi connectivity index (χ1v) is 8.83. The molecule has 1 aromatic heterocycles. The number of amides is 1. The molecule has 0 bridgehead atoms. The average Bonchev–Trinajstić information content (AvgIpc) is 2.83. The van der Waals surface area contributed by atoms with Gasteiger partial charge >= 0.3 is 6.18 Å². The highest BCUT2D eigenvalue weighted by Crippen LogP contribution is 2.31. The number of H-pyrrole nitrogens is 1. The number of alkyl halides is 3. The summed E-state index contributed by atoms with van der Waals surface area (Å²) < 4.78 is 60.0. The smallest absolute Gasteiger partial charge is 0.324 e. The molecule has 11 heteroatoms. The fourth-order valence-corrected chi connectivity index (χ4v) is 2.61. The third-order valence-corrected chi connectivity index (χ3v) is 4.16. The lowest BCUT2D eigenvalue weighted by atomic mass is 10.2. The van der Waals surface area contributed by atoms with E-state index in [9.17, 15) is 26.4 Å². The van der Waals surface area contributed by atoms with Gasteiger partial charge in [-0.1, -0.05) is 0 Å². The third-order valence-electron chi connectivity index (χ3n) is 3.19. The lowest BCUT2D eigenvalue weighted by Crippen LogP contribution is -2.37. The molecule has 2 rings (SSSR count). The van der Waals surface area contributed by atoms with Crippen LogP contribution in [0.15, 0.2) is 18.2 Å². The van der Waals surface area contributed by atoms with E-state index in [-0.39, 0.29) is 29.2 Å². The molecule has 0 saturated heterocycles. The van der Waals surface area contributed by atoms with Gasteiger partial charge in [-0.2, -0.15) is 13.2 Å². The Hall–Kier alpha value is -2.14. The van der Waals surface area contributed by atoms with Crippen molar-refractivity contribution >= 4 is 32.7 Å². The molecule has 0 saturated carbocycles. The highest BCUT2D eigenvalue weighted by atomic mass is 32.2. The summed E-state index contributed by atoms with van der Waals surface area (Å²) in [4.78, 5) is 18.3. The number of hydrogen-bond acceptors (Lipinski definition) is 5. The van der Waals surface area contributed by atoms with E-state index in [1.165, 1.54) is 6.07 Å². The third kappa shape index (κ3) is 4.68. The van der Waals surface area contributed by atoms with Crippen molar-refractivity contribution in [2.45, 2.75) is 18.6 Å². The quantitative estimate of drug-likeness (QED) is 0.739. The first-order chi connectivity index (χ1) is 11.0. The summed E-state index contributed by atoms with van der Waals surface area (Å²) in [6, 6.07) is 1.85. The van der Waals surface area contributed by atoms with Crippen LogP contribution in [0.4, 0.5) is 19.1 Å². The van der Waals surface area contributed by atoms with Crippen molar-refractivity contribution in [1.29, 1.82) is 0 Å². The molecule has 2 aromatic rings. The van der Waals surface area contributed by atoms with Crippen molar-refractivity contribution in [3.63, 3.8) is 0 Å². The van der Waals surface area contributed by atoms with Gasteiger partial charge in [0, 0.05) is 6.26 Å². The van der Waals surface area contributed by atoms with Gasteiger partial charge in [0.15, 0.2) is 0 Å². The number of nitrogens with two attached hydrogens (primary N) is 1. The molecule has 1 atom stereocenters. The number of halogens is 3. The van der Waals surface area contributed by atoms with Gasteiger partial charge in [-0.15, -0.1) is 0 Å². The van der Waals surface area contributed by atoms with Crippen molar-refractivity contribution < 1.29 is 26.4 Å². The molecule has 1 aromatic carbocycles. The molecule has 1 heterocycles. The Kier molecular flexibility index (Phi) is 4.85. The number of anilines is 1. The Bertz CT molecular complexity index is 861. The van der Waals surface area contributed by atoms with Crippen LogP contribution in [0, 0.1) is 0 Å². The van der Waals surface area contributed by atoms with Gasteiger partial charge in [0.2, 0.25) is 11.9 Å². The number of nitrogens with one attached hydrogen (secondary N) is 2. The normalized spacial score (nSPS) is 13.9. The highest BCUT2D eigenvalue weighted by Gasteiger charge is 2.30. The molecule has 7 nitrogen and oxygen atoms in total. The molecule has 0 aliphatic rings. The Balaban J connectivity index is 2.11. The number of nitrogens with zero attached hydrogens (tertiary/aromatic N) is 1. The second kappa shape index (κ2) is 6.40. The van der Waals surface area contributed by atoms with E-state index in [4.69, 9.17) is 5.73 Å². The van der Waals surface area contributed by atoms with Crippen LogP contribution in [0.3, 0.4) is 0 Å². The van der Waals surface area contributed by atoms with Crippen molar-refractivity contribution in [2.75, 3.05) is 17.3 Å². The molecule has 4 N–H and O–H groups in total. The maximum Gasteiger partial charge on any atom is 0.416 e. The zero-order valence-corrected chi connectivity index (χ0v) is 13.3. The van der Waals surface area contributed by atoms with Crippen LogP contribution < -0.4 is 11.1 Å². The Labute approximate surface area is 135 Å². The van der Waals surface area contributed by atoms with Gasteiger partial charge in [-0.05, 0) is 24.6 Å². The minimum atomic E-state index is -4.49. The van der Waals surface area contributed by atoms with Crippen LogP contribution in [0.5, 0.6) is 0 Å². The predicted molar refractivity (Wildman–Crippen MR) is 82.0 cm³/mol. The van der Waals surface area contributed by atoms with Crippen LogP contribution in [-0.2, 0) is 20.8 Å². The number of benzene rings is 1. The van der Waals surface area contributed by atoms with Crippen LogP contribution >= 0.6 is 0 Å². The lowest BCUT2D eigenvalue weighted by molar-refractivity contribution is -0.137. The standard InChI is InChI=1S/C13H15F3N4O3S/c1-24(22,23)5-4-8(17)11(21)20-12-18-9-3-2-7(13(14,15)16)6-10(9)19-12/h2-3,6,8H,4-5,17H2,1H3,(H2,18,19,20,21). The molecule has 132 valence electrons. The molecule has 1 unspecified atom stereocenters. The number of hydrogen-bond donors (Lipinski definition) is 3. The Morgan fingerprint density at radius 1 is 1.42 bits per heavy atom. The molecular formula is C13H15F3N4O3S. The predicted octanol–water partition coefficient (Wildman–Crippen LogP) is 1.28. The minimum Gasteiger partial charge on any atom is -0.324 e. The maximum atomic E-state index is 12.6. The fourth-order valence-electron chi connectivity index (χ4n) is 1.93. The van der Waals surface area contributed by atoms with Crippen LogP contribution in [0.1, 0.15) is 12.0 Å². The van der Waals surface area contributed by atoms with Crippen LogP contribution in [0.25, 0.3) is 11.0 Å². The Morgan fingerprint density at radius 2 is 2.08 bits per heavy atom. The minimum absolute atomic E-state index is 0.0656. The number of aromatic nitrogens is 2. The van der Waals surface area contributed by atoms with Crippen molar-refractivity contribution in [3.05, 3.63) is 23.8 Å². The van der Waals surface area contributed by atoms with Gasteiger partial charge in [0.05, 0.1) is 28.4 Å². The first kappa shape index (κ1) is 18.2. The summed E-state index contributed by atoms with van der Waals surface area (Å²) in [7, 11) is -3.25. The number of imidazole rings is 1. The van der Waals surface area contributed by atoms with Gasteiger partial charge < -0.3 is 10.7 Å². The number of aromatic amines is 1. The van der Waals surface area contributed by atoms with E-state index in [1.54, 1.807) is 0 Å². The number of carbonyl (C=O) groups excluding carboxylic acids is 1. The molecule has 1 amide bonds. The topological polar surface area (TPSA) is 118 Å². The first-order valence-electron chi connectivity index (χ1n) is 6.77. The lowest BCUT2D eigenvalue weighted by Gasteiger charge is -2.09. The summed E-state index contributed by atoms with van der Waals surface area (Å²) in [6.45, 7) is 0. The van der Waals surface area contributed by atoms with E-state index >= 15 is 0 Å². The van der Waals surface area contributed by atoms with Crippen molar-refractivity contribution in [2.24, 2.45) is 5.73 Å². The summed E-state index contributed by atoms with van der Waals surface area (Å²) in [5, 5.41) is 2.32. The molecular weight excluding hydrogens is 349 g/mol. The van der Waals surface area contributed by atoms with E-state index in [0.717, 1.165) is 18.4 Å². The molecule has 0 radical (unpaired) electrons. The number of rotatable bonds is 5. The van der Waals surface area contributed by atoms with E-state index in [2.05, 4.69) is 15.3 Å². The number of fused-ring (bicyclic) bond motifs is 1. The SMILES string of the molecule is CS(=O)(=O)CCC(N)C(=O)Nc1nc2ccc(C(F)(F)F)cc2[nH]1. The monoisotopic (exact) mass is 364 g/mol. The molecule has 0 spiro atoms. The fraction of sp³-hybridized carbons (Fsp3) is 0.385. The van der Waals surface area contributed by atoms with Crippen molar-refractivity contribution in [3.8, 4) is 0 Å². The number of carbonyl (C=O) groups is 1. The number of sulfone groups is 1. The molecule has 0 aliphatic heterocycles. The van der Waals surface area contributed by atoms with Crippen LogP contribution in [0.2, 0.25) is 0 Å². The van der Waals surface area contributed by atoms with E-state index in [0.29, 0.717) is 0 Å². The van der Waals surface area contributed by atoms with Crippen molar-refractivity contribution in [1.82, 2.24) is 9.97 Å². The summed E-state index contributed by atoms with van der Waals surface area (Å²) >= 11 is 0. The zero-order valence-electron chi connectivity index (χ0n) is 12.5.